The van der Waals surface area contributed by atoms with Gasteiger partial charge in [-0.3, -0.25) is 24.0 Å². The number of benzene rings is 1. The van der Waals surface area contributed by atoms with Gasteiger partial charge in [-0.05, 0) is 42.7 Å². The molecule has 0 saturated heterocycles. The van der Waals surface area contributed by atoms with E-state index in [1.165, 1.54) is 6.07 Å². The fraction of sp³-hybridized carbons (Fsp3) is 0.645. The van der Waals surface area contributed by atoms with Crippen molar-refractivity contribution in [3.05, 3.63) is 29.8 Å². The highest BCUT2D eigenvalue weighted by Crippen LogP contribution is 2.20. The molecular weight excluding hydrogens is 570 g/mol. The molecule has 0 radical (unpaired) electrons. The van der Waals surface area contributed by atoms with Crippen LogP contribution in [0.2, 0.25) is 0 Å². The quantitative estimate of drug-likeness (QED) is 0.215. The Hall–Kier alpha value is -3.71. The van der Waals surface area contributed by atoms with Crippen molar-refractivity contribution in [1.29, 1.82) is 0 Å². The van der Waals surface area contributed by atoms with E-state index in [4.69, 9.17) is 4.74 Å². The van der Waals surface area contributed by atoms with Gasteiger partial charge in [0.2, 0.25) is 23.6 Å². The van der Waals surface area contributed by atoms with Gasteiger partial charge in [-0.25, -0.2) is 0 Å². The monoisotopic (exact) mass is 619 g/mol. The number of ether oxygens (including phenoxy) is 1. The maximum atomic E-state index is 13.4. The zero-order valence-corrected chi connectivity index (χ0v) is 26.5. The summed E-state index contributed by atoms with van der Waals surface area (Å²) < 4.78 is 6.02. The van der Waals surface area contributed by atoms with Crippen LogP contribution in [0.5, 0.6) is 5.75 Å². The van der Waals surface area contributed by atoms with E-state index < -0.39 is 73.0 Å². The van der Waals surface area contributed by atoms with Crippen molar-refractivity contribution in [1.82, 2.24) is 26.6 Å². The lowest BCUT2D eigenvalue weighted by Crippen LogP contribution is -2.58. The molecule has 4 atom stereocenters. The van der Waals surface area contributed by atoms with E-state index in [0.717, 1.165) is 0 Å². The van der Waals surface area contributed by atoms with Crippen LogP contribution in [-0.2, 0) is 19.2 Å². The highest BCUT2D eigenvalue weighted by atomic mass is 16.5. The number of carbonyl (C=O) groups excluding carboxylic acids is 5. The predicted molar refractivity (Wildman–Crippen MR) is 163 cm³/mol. The zero-order chi connectivity index (χ0) is 33.0. The molecule has 1 heterocycles. The third kappa shape index (κ3) is 11.1. The van der Waals surface area contributed by atoms with Crippen LogP contribution in [0.1, 0.15) is 71.2 Å². The molecule has 0 saturated carbocycles. The molecular formula is C31H49N5O8. The molecule has 1 aliphatic rings. The second-order valence-corrected chi connectivity index (χ2v) is 12.3. The first-order valence-corrected chi connectivity index (χ1v) is 15.2. The number of carbonyl (C=O) groups is 5. The fourth-order valence-corrected chi connectivity index (χ4v) is 4.62. The highest BCUT2D eigenvalue weighted by Gasteiger charge is 2.32. The topological polar surface area (TPSA) is 195 Å². The number of aliphatic hydroxyl groups is 2. The van der Waals surface area contributed by atoms with E-state index >= 15 is 0 Å². The van der Waals surface area contributed by atoms with Crippen LogP contribution in [0, 0.1) is 17.8 Å². The Morgan fingerprint density at radius 2 is 1.57 bits per heavy atom. The minimum absolute atomic E-state index is 0.0249. The Bertz CT molecular complexity index is 1140. The van der Waals surface area contributed by atoms with Gasteiger partial charge in [0.25, 0.3) is 5.91 Å². The Kier molecular flexibility index (Phi) is 14.6. The first-order chi connectivity index (χ1) is 20.8. The molecule has 0 aliphatic carbocycles. The first kappa shape index (κ1) is 36.5. The smallest absolute Gasteiger partial charge is 0.255 e. The molecule has 2 rings (SSSR count). The van der Waals surface area contributed by atoms with Gasteiger partial charge in [0.15, 0.2) is 0 Å². The van der Waals surface area contributed by atoms with Gasteiger partial charge >= 0.3 is 0 Å². The lowest BCUT2D eigenvalue weighted by molar-refractivity contribution is -0.133. The third-order valence-corrected chi connectivity index (χ3v) is 7.36. The number of hydrogen-bond donors (Lipinski definition) is 7. The number of hydrogen-bond acceptors (Lipinski definition) is 8. The summed E-state index contributed by atoms with van der Waals surface area (Å²) in [6.07, 6.45) is -0.0669. The molecule has 0 bridgehead atoms. The van der Waals surface area contributed by atoms with Gasteiger partial charge < -0.3 is 41.5 Å². The lowest BCUT2D eigenvalue weighted by atomic mass is 9.98. The number of para-hydroxylation sites is 1. The molecule has 0 unspecified atom stereocenters. The van der Waals surface area contributed by atoms with E-state index in [1.54, 1.807) is 18.2 Å². The molecule has 5 amide bonds. The van der Waals surface area contributed by atoms with Gasteiger partial charge in [0.05, 0.1) is 30.9 Å². The molecule has 0 spiro atoms. The summed E-state index contributed by atoms with van der Waals surface area (Å²) in [7, 11) is 0. The number of fused-ring (bicyclic) bond motifs is 1. The van der Waals surface area contributed by atoms with E-state index in [-0.39, 0.29) is 48.5 Å². The summed E-state index contributed by atoms with van der Waals surface area (Å²) in [4.78, 5) is 66.4. The SMILES string of the molecule is CC(C)C[C@H]1NC(=O)CC[C@@H](C(=O)NC(CO)CO)NC(=O)c2ccccc2OC[C@@H](C(C)C)NC(=O)[C@H](C(C)C)NC1=O. The van der Waals surface area contributed by atoms with Crippen molar-refractivity contribution in [2.24, 2.45) is 17.8 Å². The highest BCUT2D eigenvalue weighted by molar-refractivity contribution is 6.00. The Labute approximate surface area is 259 Å². The predicted octanol–water partition coefficient (Wildman–Crippen LogP) is 0.240. The van der Waals surface area contributed by atoms with Crippen LogP contribution in [0.4, 0.5) is 0 Å². The van der Waals surface area contributed by atoms with E-state index in [0.29, 0.717) is 6.42 Å². The van der Waals surface area contributed by atoms with E-state index in [9.17, 15) is 34.2 Å². The summed E-state index contributed by atoms with van der Waals surface area (Å²) in [5.41, 5.74) is 0.134. The van der Waals surface area contributed by atoms with Crippen molar-refractivity contribution >= 4 is 29.5 Å². The summed E-state index contributed by atoms with van der Waals surface area (Å²) in [6.45, 7) is 10.2. The van der Waals surface area contributed by atoms with Crippen LogP contribution in [0.25, 0.3) is 0 Å². The molecule has 13 heteroatoms. The second kappa shape index (κ2) is 17.6. The number of nitrogens with one attached hydrogen (secondary N) is 5. The van der Waals surface area contributed by atoms with Crippen molar-refractivity contribution < 1.29 is 38.9 Å². The van der Waals surface area contributed by atoms with Crippen LogP contribution in [-0.4, -0.2) is 89.8 Å². The van der Waals surface area contributed by atoms with Crippen molar-refractivity contribution in [2.75, 3.05) is 19.8 Å². The maximum absolute atomic E-state index is 13.4. The normalized spacial score (nSPS) is 22.7. The molecule has 0 aromatic heterocycles. The van der Waals surface area contributed by atoms with Crippen molar-refractivity contribution in [2.45, 2.75) is 91.0 Å². The van der Waals surface area contributed by atoms with E-state index in [1.807, 2.05) is 41.5 Å². The fourth-order valence-electron chi connectivity index (χ4n) is 4.62. The maximum Gasteiger partial charge on any atom is 0.255 e. The third-order valence-electron chi connectivity index (χ3n) is 7.36. The molecule has 1 aromatic rings. The molecule has 246 valence electrons. The molecule has 0 fully saturated rings. The van der Waals surface area contributed by atoms with Gasteiger partial charge in [-0.15, -0.1) is 0 Å². The number of aliphatic hydroxyl groups excluding tert-OH is 2. The minimum atomic E-state index is -1.22. The molecule has 13 nitrogen and oxygen atoms in total. The van der Waals surface area contributed by atoms with Crippen molar-refractivity contribution in [3.63, 3.8) is 0 Å². The van der Waals surface area contributed by atoms with Crippen LogP contribution < -0.4 is 31.3 Å². The Morgan fingerprint density at radius 3 is 2.16 bits per heavy atom. The average Bonchev–Trinajstić information content (AvgIpc) is 2.97. The molecule has 1 aliphatic heterocycles. The van der Waals surface area contributed by atoms with Gasteiger partial charge in [0.1, 0.15) is 30.5 Å². The van der Waals surface area contributed by atoms with Gasteiger partial charge in [-0.2, -0.15) is 0 Å². The summed E-state index contributed by atoms with van der Waals surface area (Å²) in [5, 5.41) is 32.5. The average molecular weight is 620 g/mol. The molecule has 1 aromatic carbocycles. The number of rotatable bonds is 8. The second-order valence-electron chi connectivity index (χ2n) is 12.3. The van der Waals surface area contributed by atoms with Crippen molar-refractivity contribution in [3.8, 4) is 5.75 Å². The van der Waals surface area contributed by atoms with Gasteiger partial charge in [0, 0.05) is 6.42 Å². The summed E-state index contributed by atoms with van der Waals surface area (Å²) >= 11 is 0. The van der Waals surface area contributed by atoms with Crippen LogP contribution in [0.15, 0.2) is 24.3 Å². The molecule has 7 N–H and O–H groups in total. The molecule has 44 heavy (non-hydrogen) atoms. The van der Waals surface area contributed by atoms with Crippen LogP contribution in [0.3, 0.4) is 0 Å². The van der Waals surface area contributed by atoms with Gasteiger partial charge in [-0.1, -0.05) is 53.7 Å². The summed E-state index contributed by atoms with van der Waals surface area (Å²) in [5.74, 6) is -2.87. The minimum Gasteiger partial charge on any atom is -0.491 e. The largest absolute Gasteiger partial charge is 0.491 e. The standard InChI is InChI=1S/C31H49N5O8/c1-17(2)13-23-30(42)36-27(19(5)6)31(43)35-24(18(3)4)16-44-25-10-8-7-9-21(25)28(40)34-22(11-12-26(39)33-23)29(41)32-20(14-37)15-38/h7-10,17-20,22-24,27,37-38H,11-16H2,1-6H3,(H,32,41)(H,33,39)(H,34,40)(H,35,43)(H,36,42)/t22-,23+,24-,27-/m0/s1. The zero-order valence-electron chi connectivity index (χ0n) is 26.5. The van der Waals surface area contributed by atoms with E-state index in [2.05, 4.69) is 26.6 Å². The Morgan fingerprint density at radius 1 is 0.909 bits per heavy atom. The number of amides is 5. The lowest BCUT2D eigenvalue weighted by Gasteiger charge is -2.29. The Balaban J connectivity index is 2.51. The summed E-state index contributed by atoms with van der Waals surface area (Å²) in [6, 6.07) is 1.95. The van der Waals surface area contributed by atoms with Crippen LogP contribution >= 0.6 is 0 Å². The first-order valence-electron chi connectivity index (χ1n) is 15.2.